The van der Waals surface area contributed by atoms with Crippen molar-refractivity contribution in [3.8, 4) is 0 Å². The zero-order valence-corrected chi connectivity index (χ0v) is 8.83. The number of ether oxygens (including phenoxy) is 1. The number of nitrogens with zero attached hydrogens (tertiary/aromatic N) is 4. The first-order valence-electron chi connectivity index (χ1n) is 5.34. The molecule has 2 aromatic rings. The van der Waals surface area contributed by atoms with Crippen molar-refractivity contribution in [1.82, 2.24) is 15.2 Å². The zero-order valence-electron chi connectivity index (χ0n) is 8.83. The number of morpholine rings is 1. The van der Waals surface area contributed by atoms with Gasteiger partial charge in [-0.3, -0.25) is 4.98 Å². The van der Waals surface area contributed by atoms with Crippen LogP contribution in [-0.2, 0) is 4.74 Å². The molecule has 1 saturated heterocycles. The summed E-state index contributed by atoms with van der Waals surface area (Å²) in [7, 11) is 0. The highest BCUT2D eigenvalue weighted by molar-refractivity contribution is 5.87. The Bertz CT molecular complexity index is 491. The molecule has 0 radical (unpaired) electrons. The van der Waals surface area contributed by atoms with Crippen molar-refractivity contribution in [3.05, 3.63) is 24.5 Å². The van der Waals surface area contributed by atoms with Crippen molar-refractivity contribution >= 4 is 16.7 Å². The van der Waals surface area contributed by atoms with Gasteiger partial charge in [-0.25, -0.2) is 0 Å². The minimum atomic E-state index is 0.741. The number of rotatable bonds is 1. The molecule has 0 spiro atoms. The molecule has 1 fully saturated rings. The summed E-state index contributed by atoms with van der Waals surface area (Å²) >= 11 is 0. The Morgan fingerprint density at radius 3 is 3.00 bits per heavy atom. The van der Waals surface area contributed by atoms with Gasteiger partial charge in [0.25, 0.3) is 0 Å². The van der Waals surface area contributed by atoms with Crippen molar-refractivity contribution in [1.29, 1.82) is 0 Å². The van der Waals surface area contributed by atoms with E-state index in [4.69, 9.17) is 4.74 Å². The van der Waals surface area contributed by atoms with E-state index in [0.717, 1.165) is 43.0 Å². The van der Waals surface area contributed by atoms with Gasteiger partial charge in [-0.05, 0) is 12.1 Å². The SMILES string of the molecule is c1cnc2c(N3CCOCC3)nncc2c1. The van der Waals surface area contributed by atoms with Gasteiger partial charge in [0, 0.05) is 24.7 Å². The fourth-order valence-electron chi connectivity index (χ4n) is 1.89. The lowest BCUT2D eigenvalue weighted by molar-refractivity contribution is 0.122. The molecule has 0 saturated carbocycles. The molecule has 82 valence electrons. The molecule has 3 heterocycles. The van der Waals surface area contributed by atoms with Crippen molar-refractivity contribution in [2.24, 2.45) is 0 Å². The summed E-state index contributed by atoms with van der Waals surface area (Å²) in [5.74, 6) is 0.862. The van der Waals surface area contributed by atoms with Gasteiger partial charge >= 0.3 is 0 Å². The predicted octanol–water partition coefficient (Wildman–Crippen LogP) is 0.861. The van der Waals surface area contributed by atoms with E-state index in [2.05, 4.69) is 20.1 Å². The van der Waals surface area contributed by atoms with Crippen LogP contribution in [0.2, 0.25) is 0 Å². The Kier molecular flexibility index (Phi) is 2.38. The quantitative estimate of drug-likeness (QED) is 0.707. The highest BCUT2D eigenvalue weighted by atomic mass is 16.5. The normalized spacial score (nSPS) is 16.6. The molecule has 0 atom stereocenters. The van der Waals surface area contributed by atoms with Gasteiger partial charge in [-0.1, -0.05) is 0 Å². The third-order valence-corrected chi connectivity index (χ3v) is 2.71. The molecule has 0 N–H and O–H groups in total. The van der Waals surface area contributed by atoms with E-state index < -0.39 is 0 Å². The second kappa shape index (κ2) is 4.02. The summed E-state index contributed by atoms with van der Waals surface area (Å²) in [4.78, 5) is 6.54. The van der Waals surface area contributed by atoms with Gasteiger partial charge < -0.3 is 9.64 Å². The van der Waals surface area contributed by atoms with Crippen LogP contribution in [0.3, 0.4) is 0 Å². The summed E-state index contributed by atoms with van der Waals surface area (Å²) in [5.41, 5.74) is 0.916. The van der Waals surface area contributed by atoms with E-state index in [0.29, 0.717) is 0 Å². The molecule has 5 nitrogen and oxygen atoms in total. The molecule has 2 aromatic heterocycles. The highest BCUT2D eigenvalue weighted by Gasteiger charge is 2.16. The van der Waals surface area contributed by atoms with Crippen molar-refractivity contribution in [3.63, 3.8) is 0 Å². The molecular weight excluding hydrogens is 204 g/mol. The number of aromatic nitrogens is 3. The van der Waals surface area contributed by atoms with Crippen LogP contribution in [0, 0.1) is 0 Å². The molecule has 0 aliphatic carbocycles. The molecular formula is C11H12N4O. The first-order valence-corrected chi connectivity index (χ1v) is 5.34. The maximum atomic E-state index is 5.32. The topological polar surface area (TPSA) is 51.1 Å². The number of anilines is 1. The first-order chi connectivity index (χ1) is 7.95. The maximum Gasteiger partial charge on any atom is 0.177 e. The molecule has 1 aliphatic rings. The van der Waals surface area contributed by atoms with E-state index in [1.54, 1.807) is 12.4 Å². The lowest BCUT2D eigenvalue weighted by Crippen LogP contribution is -2.37. The van der Waals surface area contributed by atoms with E-state index in [1.165, 1.54) is 0 Å². The molecule has 3 rings (SSSR count). The second-order valence-corrected chi connectivity index (χ2v) is 3.71. The van der Waals surface area contributed by atoms with Gasteiger partial charge in [0.15, 0.2) is 5.82 Å². The standard InChI is InChI=1S/C11H12N4O/c1-2-9-8-13-14-11(10(9)12-3-1)15-4-6-16-7-5-15/h1-3,8H,4-7H2. The van der Waals surface area contributed by atoms with Crippen LogP contribution >= 0.6 is 0 Å². The first kappa shape index (κ1) is 9.47. The Hall–Kier alpha value is -1.75. The Balaban J connectivity index is 2.08. The smallest absolute Gasteiger partial charge is 0.177 e. The van der Waals surface area contributed by atoms with Crippen LogP contribution in [0.25, 0.3) is 10.9 Å². The van der Waals surface area contributed by atoms with Crippen LogP contribution < -0.4 is 4.90 Å². The van der Waals surface area contributed by atoms with Crippen LogP contribution in [0.1, 0.15) is 0 Å². The van der Waals surface area contributed by atoms with Gasteiger partial charge in [0.05, 0.1) is 19.4 Å². The van der Waals surface area contributed by atoms with Gasteiger partial charge in [0.2, 0.25) is 0 Å². The minimum Gasteiger partial charge on any atom is -0.378 e. The molecule has 0 unspecified atom stereocenters. The average Bonchev–Trinajstić information content (AvgIpc) is 2.39. The molecule has 1 aliphatic heterocycles. The van der Waals surface area contributed by atoms with Crippen molar-refractivity contribution in [2.75, 3.05) is 31.2 Å². The molecule has 16 heavy (non-hydrogen) atoms. The fourth-order valence-corrected chi connectivity index (χ4v) is 1.89. The Labute approximate surface area is 93.1 Å². The van der Waals surface area contributed by atoms with Crippen LogP contribution in [0.15, 0.2) is 24.5 Å². The minimum absolute atomic E-state index is 0.741. The average molecular weight is 216 g/mol. The Morgan fingerprint density at radius 2 is 2.12 bits per heavy atom. The third-order valence-electron chi connectivity index (χ3n) is 2.71. The third kappa shape index (κ3) is 1.59. The number of hydrogen-bond donors (Lipinski definition) is 0. The Morgan fingerprint density at radius 1 is 1.25 bits per heavy atom. The summed E-state index contributed by atoms with van der Waals surface area (Å²) in [6, 6.07) is 3.91. The largest absolute Gasteiger partial charge is 0.378 e. The molecule has 0 amide bonds. The predicted molar refractivity (Wildman–Crippen MR) is 60.4 cm³/mol. The van der Waals surface area contributed by atoms with E-state index >= 15 is 0 Å². The van der Waals surface area contributed by atoms with E-state index in [-0.39, 0.29) is 0 Å². The van der Waals surface area contributed by atoms with Crippen molar-refractivity contribution in [2.45, 2.75) is 0 Å². The number of hydrogen-bond acceptors (Lipinski definition) is 5. The summed E-state index contributed by atoms with van der Waals surface area (Å²) in [6.45, 7) is 3.19. The van der Waals surface area contributed by atoms with Crippen molar-refractivity contribution < 1.29 is 4.74 Å². The maximum absolute atomic E-state index is 5.32. The van der Waals surface area contributed by atoms with E-state index in [9.17, 15) is 0 Å². The van der Waals surface area contributed by atoms with Crippen LogP contribution in [0.5, 0.6) is 0 Å². The van der Waals surface area contributed by atoms with Crippen LogP contribution in [0.4, 0.5) is 5.82 Å². The fraction of sp³-hybridized carbons (Fsp3) is 0.364. The number of fused-ring (bicyclic) bond motifs is 1. The monoisotopic (exact) mass is 216 g/mol. The van der Waals surface area contributed by atoms with Gasteiger partial charge in [-0.15, -0.1) is 5.10 Å². The lowest BCUT2D eigenvalue weighted by atomic mass is 10.2. The molecule has 5 heteroatoms. The number of pyridine rings is 1. The molecule has 0 aromatic carbocycles. The molecule has 0 bridgehead atoms. The summed E-state index contributed by atoms with van der Waals surface area (Å²) in [5, 5.41) is 9.23. The van der Waals surface area contributed by atoms with Gasteiger partial charge in [-0.2, -0.15) is 5.10 Å². The van der Waals surface area contributed by atoms with E-state index in [1.807, 2.05) is 12.1 Å². The summed E-state index contributed by atoms with van der Waals surface area (Å²) < 4.78 is 5.32. The highest BCUT2D eigenvalue weighted by Crippen LogP contribution is 2.21. The summed E-state index contributed by atoms with van der Waals surface area (Å²) in [6.07, 6.45) is 3.53. The lowest BCUT2D eigenvalue weighted by Gasteiger charge is -2.27. The van der Waals surface area contributed by atoms with Gasteiger partial charge in [0.1, 0.15) is 5.52 Å². The zero-order chi connectivity index (χ0) is 10.8. The van der Waals surface area contributed by atoms with Crippen LogP contribution in [-0.4, -0.2) is 41.5 Å². The second-order valence-electron chi connectivity index (χ2n) is 3.71.